The molecule has 0 unspecified atom stereocenters. The second kappa shape index (κ2) is 4.13. The largest absolute Gasteiger partial charge is 0.410 e. The van der Waals surface area contributed by atoms with Crippen molar-refractivity contribution in [2.45, 2.75) is 0 Å². The molecule has 0 aliphatic carbocycles. The van der Waals surface area contributed by atoms with Crippen molar-refractivity contribution >= 4 is 46.2 Å². The predicted octanol–water partition coefficient (Wildman–Crippen LogP) is 1.25. The van der Waals surface area contributed by atoms with E-state index in [1.807, 2.05) is 6.07 Å². The average Bonchev–Trinajstić information content (AvgIpc) is 2.24. The van der Waals surface area contributed by atoms with Crippen LogP contribution >= 0.6 is 15.9 Å². The van der Waals surface area contributed by atoms with E-state index in [2.05, 4.69) is 20.9 Å². The fourth-order valence-electron chi connectivity index (χ4n) is 1.40. The molecule has 0 aliphatic rings. The van der Waals surface area contributed by atoms with E-state index in [9.17, 15) is 4.79 Å². The number of primary amides is 1. The van der Waals surface area contributed by atoms with Crippen LogP contribution in [0.5, 0.6) is 5.75 Å². The first-order chi connectivity index (χ1) is 7.59. The monoisotopic (exact) mass is 276 g/mol. The van der Waals surface area contributed by atoms with Crippen LogP contribution in [0.15, 0.2) is 28.9 Å². The summed E-state index contributed by atoms with van der Waals surface area (Å²) in [5, 5.41) is 0.799. The molecule has 0 atom stereocenters. The van der Waals surface area contributed by atoms with Crippen molar-refractivity contribution in [3.63, 3.8) is 0 Å². The number of benzene rings is 1. The molecule has 78 valence electrons. The number of carbonyl (C=O) groups excluding carboxylic acids is 1. The topological polar surface area (TPSA) is 65.2 Å². The number of nitrogens with zero attached hydrogens (tertiary/aromatic N) is 1. The number of carbonyl (C=O) groups is 1. The molecule has 16 heavy (non-hydrogen) atoms. The van der Waals surface area contributed by atoms with Crippen LogP contribution in [0.1, 0.15) is 0 Å². The number of fused-ring (bicyclic) bond motifs is 1. The van der Waals surface area contributed by atoms with Crippen LogP contribution in [0, 0.1) is 0 Å². The van der Waals surface area contributed by atoms with E-state index in [1.165, 1.54) is 0 Å². The molecule has 1 amide bonds. The van der Waals surface area contributed by atoms with Crippen LogP contribution in [0.3, 0.4) is 0 Å². The molecule has 2 rings (SSSR count). The van der Waals surface area contributed by atoms with Crippen LogP contribution in [0.25, 0.3) is 10.9 Å². The summed E-state index contributed by atoms with van der Waals surface area (Å²) >= 11 is 3.36. The van der Waals surface area contributed by atoms with Gasteiger partial charge in [0.1, 0.15) is 13.4 Å². The minimum Gasteiger partial charge on any atom is -0.409 e. The number of amides is 1. The normalized spacial score (nSPS) is 10.3. The Balaban J connectivity index is 2.76. The highest BCUT2D eigenvalue weighted by Crippen LogP contribution is 2.27. The fourth-order valence-corrected chi connectivity index (χ4v) is 1.97. The molecule has 6 heteroatoms. The molecule has 0 saturated heterocycles. The summed E-state index contributed by atoms with van der Waals surface area (Å²) < 4.78 is 5.63. The lowest BCUT2D eigenvalue weighted by atomic mass is 9.93. The lowest BCUT2D eigenvalue weighted by Crippen LogP contribution is -2.21. The summed E-state index contributed by atoms with van der Waals surface area (Å²) in [7, 11) is 5.73. The van der Waals surface area contributed by atoms with E-state index in [-0.39, 0.29) is 5.75 Å². The Bertz CT molecular complexity index is 574. The van der Waals surface area contributed by atoms with Crippen LogP contribution in [-0.2, 0) is 0 Å². The molecule has 2 N–H and O–H groups in total. The molecule has 0 spiro atoms. The van der Waals surface area contributed by atoms with Gasteiger partial charge < -0.3 is 10.5 Å². The van der Waals surface area contributed by atoms with E-state index in [1.54, 1.807) is 18.3 Å². The molecule has 1 aromatic heterocycles. The molecule has 0 saturated carbocycles. The Kier molecular flexibility index (Phi) is 2.83. The third-order valence-electron chi connectivity index (χ3n) is 2.03. The van der Waals surface area contributed by atoms with Crippen molar-refractivity contribution in [2.75, 3.05) is 0 Å². The molecule has 0 bridgehead atoms. The van der Waals surface area contributed by atoms with Gasteiger partial charge in [0, 0.05) is 16.1 Å². The molecule has 2 radical (unpaired) electrons. The van der Waals surface area contributed by atoms with Crippen molar-refractivity contribution in [2.24, 2.45) is 5.73 Å². The molecular weight excluding hydrogens is 271 g/mol. The first-order valence-electron chi connectivity index (χ1n) is 4.39. The van der Waals surface area contributed by atoms with Crippen LogP contribution in [0.2, 0.25) is 0 Å². The number of hydrogen-bond donors (Lipinski definition) is 1. The summed E-state index contributed by atoms with van der Waals surface area (Å²) in [6.45, 7) is 0. The van der Waals surface area contributed by atoms with Gasteiger partial charge in [0.15, 0.2) is 5.75 Å². The summed E-state index contributed by atoms with van der Waals surface area (Å²) in [4.78, 5) is 14.9. The van der Waals surface area contributed by atoms with Gasteiger partial charge in [0.25, 0.3) is 0 Å². The smallest absolute Gasteiger partial charge is 0.409 e. The number of pyridine rings is 1. The van der Waals surface area contributed by atoms with E-state index < -0.39 is 6.09 Å². The molecule has 0 aliphatic heterocycles. The Hall–Kier alpha value is -1.56. The van der Waals surface area contributed by atoms with Gasteiger partial charge in [-0.15, -0.1) is 0 Å². The highest BCUT2D eigenvalue weighted by atomic mass is 79.9. The molecule has 4 nitrogen and oxygen atoms in total. The maximum absolute atomic E-state index is 10.8. The number of ether oxygens (including phenoxy) is 1. The van der Waals surface area contributed by atoms with Gasteiger partial charge in [0.05, 0.1) is 0 Å². The SMILES string of the molecule is [B]c1cc(Br)c2cccnc2c1OC(N)=O. The van der Waals surface area contributed by atoms with Crippen LogP contribution in [0.4, 0.5) is 4.79 Å². The highest BCUT2D eigenvalue weighted by Gasteiger charge is 2.12. The van der Waals surface area contributed by atoms with Gasteiger partial charge in [0.2, 0.25) is 0 Å². The first kappa shape index (κ1) is 10.9. The van der Waals surface area contributed by atoms with Crippen LogP contribution in [-0.4, -0.2) is 18.9 Å². The standard InChI is InChI=1S/C10H6BBrN2O2/c11-6-4-7(12)5-2-1-3-14-8(5)9(6)16-10(13)15/h1-4H,(H2,13,15). The zero-order chi connectivity index (χ0) is 11.7. The quantitative estimate of drug-likeness (QED) is 0.798. The predicted molar refractivity (Wildman–Crippen MR) is 65.0 cm³/mol. The minimum absolute atomic E-state index is 0.186. The van der Waals surface area contributed by atoms with Gasteiger partial charge in [-0.3, -0.25) is 4.98 Å². The Morgan fingerprint density at radius 3 is 3.00 bits per heavy atom. The zero-order valence-electron chi connectivity index (χ0n) is 8.11. The number of rotatable bonds is 1. The fraction of sp³-hybridized carbons (Fsp3) is 0. The van der Waals surface area contributed by atoms with Gasteiger partial charge in [-0.2, -0.15) is 0 Å². The summed E-state index contributed by atoms with van der Waals surface area (Å²) in [5.74, 6) is 0.186. The van der Waals surface area contributed by atoms with Gasteiger partial charge >= 0.3 is 6.09 Å². The van der Waals surface area contributed by atoms with Gasteiger partial charge in [-0.1, -0.05) is 33.5 Å². The summed E-state index contributed by atoms with van der Waals surface area (Å²) in [6, 6.07) is 5.25. The van der Waals surface area contributed by atoms with Crippen molar-refractivity contribution < 1.29 is 9.53 Å². The summed E-state index contributed by atoms with van der Waals surface area (Å²) in [5.41, 5.74) is 5.76. The van der Waals surface area contributed by atoms with Crippen molar-refractivity contribution in [1.29, 1.82) is 0 Å². The third-order valence-corrected chi connectivity index (χ3v) is 2.68. The number of hydrogen-bond acceptors (Lipinski definition) is 3. The Morgan fingerprint density at radius 2 is 2.31 bits per heavy atom. The van der Waals surface area contributed by atoms with E-state index >= 15 is 0 Å². The van der Waals surface area contributed by atoms with E-state index in [0.717, 1.165) is 9.86 Å². The minimum atomic E-state index is -0.916. The first-order valence-corrected chi connectivity index (χ1v) is 5.19. The van der Waals surface area contributed by atoms with E-state index in [4.69, 9.17) is 18.3 Å². The maximum Gasteiger partial charge on any atom is 0.410 e. The molecule has 2 aromatic rings. The maximum atomic E-state index is 10.8. The number of halogens is 1. The second-order valence-electron chi connectivity index (χ2n) is 3.10. The molecule has 1 heterocycles. The van der Waals surface area contributed by atoms with Crippen LogP contribution < -0.4 is 15.9 Å². The Labute approximate surface area is 101 Å². The summed E-state index contributed by atoms with van der Waals surface area (Å²) in [6.07, 6.45) is 0.670. The van der Waals surface area contributed by atoms with Crippen molar-refractivity contribution in [3.8, 4) is 5.75 Å². The highest BCUT2D eigenvalue weighted by molar-refractivity contribution is 9.10. The zero-order valence-corrected chi connectivity index (χ0v) is 9.69. The lowest BCUT2D eigenvalue weighted by Gasteiger charge is -2.10. The van der Waals surface area contributed by atoms with E-state index in [0.29, 0.717) is 11.0 Å². The van der Waals surface area contributed by atoms with Crippen molar-refractivity contribution in [1.82, 2.24) is 4.98 Å². The number of nitrogens with two attached hydrogens (primary N) is 1. The molecule has 1 aromatic carbocycles. The number of aromatic nitrogens is 1. The molecular formula is C10H6BBrN2O2. The lowest BCUT2D eigenvalue weighted by molar-refractivity contribution is 0.211. The third kappa shape index (κ3) is 1.88. The second-order valence-corrected chi connectivity index (χ2v) is 3.95. The van der Waals surface area contributed by atoms with Crippen molar-refractivity contribution in [3.05, 3.63) is 28.9 Å². The molecule has 0 fully saturated rings. The average molecular weight is 277 g/mol. The Morgan fingerprint density at radius 1 is 1.56 bits per heavy atom. The van der Waals surface area contributed by atoms with Gasteiger partial charge in [-0.25, -0.2) is 4.79 Å². The van der Waals surface area contributed by atoms with Gasteiger partial charge in [-0.05, 0) is 6.07 Å².